The van der Waals surface area contributed by atoms with Crippen molar-refractivity contribution >= 4 is 27.5 Å². The van der Waals surface area contributed by atoms with E-state index in [-0.39, 0.29) is 12.1 Å². The summed E-state index contributed by atoms with van der Waals surface area (Å²) in [5.74, 6) is 0.453. The van der Waals surface area contributed by atoms with Gasteiger partial charge in [-0.1, -0.05) is 55.3 Å². The number of fused-ring (bicyclic) bond motifs is 2. The number of hydrogen-bond donors (Lipinski definition) is 0. The molecule has 0 radical (unpaired) electrons. The van der Waals surface area contributed by atoms with Gasteiger partial charge in [0, 0.05) is 0 Å². The molecular weight excluding hydrogens is 356 g/mol. The van der Waals surface area contributed by atoms with E-state index in [1.807, 2.05) is 24.3 Å². The Kier molecular flexibility index (Phi) is 4.87. The lowest BCUT2D eigenvalue weighted by atomic mass is 9.71. The molecule has 2 aliphatic carbocycles. The van der Waals surface area contributed by atoms with Gasteiger partial charge >= 0.3 is 5.97 Å². The number of esters is 1. The molecule has 0 N–H and O–H groups in total. The van der Waals surface area contributed by atoms with Gasteiger partial charge in [-0.2, -0.15) is 0 Å². The number of carbonyl (C=O) groups excluding carboxylic acids is 1. The van der Waals surface area contributed by atoms with Crippen molar-refractivity contribution < 1.29 is 9.53 Å². The van der Waals surface area contributed by atoms with Crippen molar-refractivity contribution in [2.24, 2.45) is 5.92 Å². The highest BCUT2D eigenvalue weighted by Crippen LogP contribution is 2.43. The highest BCUT2D eigenvalue weighted by Gasteiger charge is 2.33. The summed E-state index contributed by atoms with van der Waals surface area (Å²) in [5, 5.41) is 4.41. The van der Waals surface area contributed by atoms with E-state index in [4.69, 9.17) is 4.74 Å². The van der Waals surface area contributed by atoms with Crippen LogP contribution in [-0.2, 0) is 4.74 Å². The third kappa shape index (κ3) is 3.35. The summed E-state index contributed by atoms with van der Waals surface area (Å²) in [5.41, 5.74) is 3.71. The molecule has 2 fully saturated rings. The summed E-state index contributed by atoms with van der Waals surface area (Å²) < 4.78 is 6.18. The Balaban J connectivity index is 1.49. The minimum absolute atomic E-state index is 0.0705. The summed E-state index contributed by atoms with van der Waals surface area (Å²) in [6.45, 7) is 2.15. The van der Waals surface area contributed by atoms with E-state index in [1.165, 1.54) is 49.5 Å². The maximum Gasteiger partial charge on any atom is 0.339 e. The Morgan fingerprint density at radius 3 is 2.31 bits per heavy atom. The van der Waals surface area contributed by atoms with Crippen LogP contribution in [0.25, 0.3) is 21.5 Å². The molecule has 3 aromatic rings. The molecule has 1 unspecified atom stereocenters. The molecule has 0 aliphatic heterocycles. The fraction of sp³-hybridized carbons (Fsp3) is 0.370. The molecule has 0 bridgehead atoms. The average Bonchev–Trinajstić information content (AvgIpc) is 2.66. The van der Waals surface area contributed by atoms with Crippen LogP contribution in [0.5, 0.6) is 0 Å². The Morgan fingerprint density at radius 2 is 1.69 bits per heavy atom. The monoisotopic (exact) mass is 384 g/mol. The average molecular weight is 385 g/mol. The van der Waals surface area contributed by atoms with Gasteiger partial charge < -0.3 is 4.74 Å². The summed E-state index contributed by atoms with van der Waals surface area (Å²) in [7, 11) is 0. The molecular formula is C27H28O2. The van der Waals surface area contributed by atoms with Crippen LogP contribution in [0.15, 0.2) is 65.7 Å². The van der Waals surface area contributed by atoms with Gasteiger partial charge in [-0.25, -0.2) is 4.79 Å². The van der Waals surface area contributed by atoms with Crippen molar-refractivity contribution in [2.45, 2.75) is 58.0 Å². The molecule has 0 saturated heterocycles. The lowest BCUT2D eigenvalue weighted by molar-refractivity contribution is 0.0332. The van der Waals surface area contributed by atoms with Gasteiger partial charge in [0.05, 0.1) is 5.56 Å². The zero-order valence-electron chi connectivity index (χ0n) is 17.1. The molecule has 2 nitrogen and oxygen atoms in total. The van der Waals surface area contributed by atoms with Gasteiger partial charge in [0.2, 0.25) is 0 Å². The first-order valence-corrected chi connectivity index (χ1v) is 11.1. The van der Waals surface area contributed by atoms with Crippen LogP contribution in [0.4, 0.5) is 0 Å². The van der Waals surface area contributed by atoms with Gasteiger partial charge in [-0.05, 0) is 89.8 Å². The van der Waals surface area contributed by atoms with Crippen LogP contribution in [0.2, 0.25) is 0 Å². The van der Waals surface area contributed by atoms with Crippen LogP contribution in [0.1, 0.15) is 62.2 Å². The quantitative estimate of drug-likeness (QED) is 0.264. The summed E-state index contributed by atoms with van der Waals surface area (Å²) in [4.78, 5) is 13.3. The lowest BCUT2D eigenvalue weighted by Crippen LogP contribution is -2.30. The molecule has 29 heavy (non-hydrogen) atoms. The SMILES string of the molecule is CCC(OC(=O)c1cccc2cc3ccccc3cc12)C(=C1CCC1)C1CCC1. The van der Waals surface area contributed by atoms with E-state index in [0.717, 1.165) is 22.6 Å². The molecule has 0 aromatic heterocycles. The minimum atomic E-state index is -0.186. The number of hydrogen-bond acceptors (Lipinski definition) is 2. The number of benzene rings is 3. The second kappa shape index (κ2) is 7.67. The second-order valence-corrected chi connectivity index (χ2v) is 8.57. The number of ether oxygens (including phenoxy) is 1. The summed E-state index contributed by atoms with van der Waals surface area (Å²) in [6, 6.07) is 18.5. The van der Waals surface area contributed by atoms with Gasteiger partial charge in [-0.15, -0.1) is 0 Å². The summed E-state index contributed by atoms with van der Waals surface area (Å²) >= 11 is 0. The Labute approximate surface area is 172 Å². The molecule has 0 spiro atoms. The van der Waals surface area contributed by atoms with Crippen LogP contribution < -0.4 is 0 Å². The largest absolute Gasteiger partial charge is 0.454 e. The first-order valence-electron chi connectivity index (χ1n) is 11.1. The molecule has 2 saturated carbocycles. The van der Waals surface area contributed by atoms with Crippen LogP contribution in [-0.4, -0.2) is 12.1 Å². The standard InChI is InChI=1S/C27H28O2/c1-2-25(26(18-10-5-11-18)19-12-6-13-19)29-27(28)23-15-7-14-22-16-20-8-3-4-9-21(20)17-24(22)23/h3-4,7-9,14-18,25H,2,5-6,10-13H2,1H3. The van der Waals surface area contributed by atoms with Crippen molar-refractivity contribution in [3.05, 3.63) is 71.3 Å². The number of carbonyl (C=O) groups is 1. The fourth-order valence-electron chi connectivity index (χ4n) is 4.84. The molecule has 0 heterocycles. The third-order valence-corrected chi connectivity index (χ3v) is 6.84. The van der Waals surface area contributed by atoms with E-state index in [0.29, 0.717) is 11.5 Å². The van der Waals surface area contributed by atoms with E-state index >= 15 is 0 Å². The molecule has 148 valence electrons. The van der Waals surface area contributed by atoms with Gasteiger partial charge in [0.15, 0.2) is 0 Å². The highest BCUT2D eigenvalue weighted by molar-refractivity contribution is 6.09. The predicted octanol–water partition coefficient (Wildman–Crippen LogP) is 7.21. The predicted molar refractivity (Wildman–Crippen MR) is 119 cm³/mol. The number of allylic oxidation sites excluding steroid dienone is 1. The molecule has 5 rings (SSSR count). The normalized spacial score (nSPS) is 17.6. The maximum atomic E-state index is 13.3. The molecule has 0 amide bonds. The van der Waals surface area contributed by atoms with Crippen molar-refractivity contribution in [2.75, 3.05) is 0 Å². The maximum absolute atomic E-state index is 13.3. The fourth-order valence-corrected chi connectivity index (χ4v) is 4.84. The van der Waals surface area contributed by atoms with Crippen molar-refractivity contribution in [1.82, 2.24) is 0 Å². The molecule has 3 aromatic carbocycles. The van der Waals surface area contributed by atoms with Gasteiger partial charge in [0.1, 0.15) is 6.10 Å². The van der Waals surface area contributed by atoms with Crippen molar-refractivity contribution in [1.29, 1.82) is 0 Å². The molecule has 2 aliphatic rings. The number of rotatable bonds is 5. The van der Waals surface area contributed by atoms with Crippen LogP contribution in [0.3, 0.4) is 0 Å². The van der Waals surface area contributed by atoms with Crippen LogP contribution >= 0.6 is 0 Å². The zero-order valence-corrected chi connectivity index (χ0v) is 17.1. The third-order valence-electron chi connectivity index (χ3n) is 6.84. The first kappa shape index (κ1) is 18.4. The Morgan fingerprint density at radius 1 is 0.966 bits per heavy atom. The Hall–Kier alpha value is -2.61. The van der Waals surface area contributed by atoms with E-state index in [9.17, 15) is 4.79 Å². The van der Waals surface area contributed by atoms with Crippen molar-refractivity contribution in [3.8, 4) is 0 Å². The zero-order chi connectivity index (χ0) is 19.8. The molecule has 1 atom stereocenters. The summed E-state index contributed by atoms with van der Waals surface area (Å²) in [6.07, 6.45) is 8.28. The first-order chi connectivity index (χ1) is 14.2. The highest BCUT2D eigenvalue weighted by atomic mass is 16.5. The minimum Gasteiger partial charge on any atom is -0.454 e. The van der Waals surface area contributed by atoms with Crippen LogP contribution in [0, 0.1) is 5.92 Å². The smallest absolute Gasteiger partial charge is 0.339 e. The van der Waals surface area contributed by atoms with Gasteiger partial charge in [-0.3, -0.25) is 0 Å². The Bertz CT molecular complexity index is 1100. The van der Waals surface area contributed by atoms with E-state index < -0.39 is 0 Å². The van der Waals surface area contributed by atoms with E-state index in [2.05, 4.69) is 37.3 Å². The van der Waals surface area contributed by atoms with Crippen molar-refractivity contribution in [3.63, 3.8) is 0 Å². The topological polar surface area (TPSA) is 26.3 Å². The lowest BCUT2D eigenvalue weighted by Gasteiger charge is -2.37. The molecule has 2 heteroatoms. The van der Waals surface area contributed by atoms with E-state index in [1.54, 1.807) is 5.57 Å². The van der Waals surface area contributed by atoms with Gasteiger partial charge in [0.25, 0.3) is 0 Å². The second-order valence-electron chi connectivity index (χ2n) is 8.57.